The van der Waals surface area contributed by atoms with E-state index in [9.17, 15) is 0 Å². The minimum Gasteiger partial charge on any atom is -0.491 e. The van der Waals surface area contributed by atoms with Gasteiger partial charge in [0.2, 0.25) is 5.95 Å². The Morgan fingerprint density at radius 1 is 0.885 bits per heavy atom. The van der Waals surface area contributed by atoms with Crippen molar-refractivity contribution in [1.29, 1.82) is 0 Å². The third-order valence-electron chi connectivity index (χ3n) is 3.54. The summed E-state index contributed by atoms with van der Waals surface area (Å²) in [6.07, 6.45) is 1.75. The van der Waals surface area contributed by atoms with E-state index >= 15 is 0 Å². The highest BCUT2D eigenvalue weighted by Gasteiger charge is 2.04. The lowest BCUT2D eigenvalue weighted by molar-refractivity contribution is 0.242. The molecule has 1 aromatic heterocycles. The van der Waals surface area contributed by atoms with E-state index in [0.29, 0.717) is 11.8 Å². The number of benzene rings is 2. The van der Waals surface area contributed by atoms with Crippen LogP contribution in [0.1, 0.15) is 25.0 Å². The van der Waals surface area contributed by atoms with Crippen LogP contribution in [-0.2, 0) is 0 Å². The maximum absolute atomic E-state index is 5.64. The van der Waals surface area contributed by atoms with Gasteiger partial charge in [-0.3, -0.25) is 0 Å². The van der Waals surface area contributed by atoms with Crippen LogP contribution < -0.4 is 15.4 Å². The standard InChI is InChI=1S/C20H23N5O/c1-13(2)26-18-7-5-16(6-8-18)23-20-24-19(12-21-25-20)22-17-10-14(3)9-15(4)11-17/h5-13H,1-4H3,(H2,22,23,24,25). The zero-order chi connectivity index (χ0) is 18.5. The molecular weight excluding hydrogens is 326 g/mol. The quantitative estimate of drug-likeness (QED) is 0.668. The number of rotatable bonds is 6. The molecule has 2 N–H and O–H groups in total. The number of aromatic nitrogens is 3. The van der Waals surface area contributed by atoms with Crippen LogP contribution in [-0.4, -0.2) is 21.3 Å². The van der Waals surface area contributed by atoms with E-state index in [0.717, 1.165) is 17.1 Å². The number of nitrogens with one attached hydrogen (secondary N) is 2. The predicted molar refractivity (Wildman–Crippen MR) is 105 cm³/mol. The maximum atomic E-state index is 5.64. The predicted octanol–water partition coefficient (Wildman–Crippen LogP) is 4.76. The Labute approximate surface area is 153 Å². The van der Waals surface area contributed by atoms with Crippen molar-refractivity contribution in [3.05, 3.63) is 59.8 Å². The van der Waals surface area contributed by atoms with Crippen molar-refractivity contribution in [2.24, 2.45) is 0 Å². The third kappa shape index (κ3) is 4.92. The Kier molecular flexibility index (Phi) is 5.31. The first-order chi connectivity index (χ1) is 12.5. The van der Waals surface area contributed by atoms with Crippen molar-refractivity contribution < 1.29 is 4.74 Å². The first-order valence-electron chi connectivity index (χ1n) is 8.57. The van der Waals surface area contributed by atoms with Gasteiger partial charge >= 0.3 is 0 Å². The van der Waals surface area contributed by atoms with Crippen LogP contribution in [0.25, 0.3) is 0 Å². The fourth-order valence-corrected chi connectivity index (χ4v) is 2.63. The highest BCUT2D eigenvalue weighted by molar-refractivity contribution is 5.60. The molecule has 0 bridgehead atoms. The first kappa shape index (κ1) is 17.7. The summed E-state index contributed by atoms with van der Waals surface area (Å²) < 4.78 is 5.64. The molecule has 0 amide bonds. The van der Waals surface area contributed by atoms with Crippen LogP contribution >= 0.6 is 0 Å². The molecule has 0 fully saturated rings. The number of anilines is 4. The second kappa shape index (κ2) is 7.82. The number of nitrogens with zero attached hydrogens (tertiary/aromatic N) is 3. The summed E-state index contributed by atoms with van der Waals surface area (Å²) >= 11 is 0. The van der Waals surface area contributed by atoms with Crippen LogP contribution in [0, 0.1) is 13.8 Å². The molecule has 3 rings (SSSR count). The van der Waals surface area contributed by atoms with Crippen LogP contribution in [0.15, 0.2) is 48.7 Å². The number of hydrogen-bond donors (Lipinski definition) is 2. The lowest BCUT2D eigenvalue weighted by Crippen LogP contribution is -2.05. The smallest absolute Gasteiger partial charge is 0.249 e. The Bertz CT molecular complexity index is 857. The minimum absolute atomic E-state index is 0.148. The van der Waals surface area contributed by atoms with Crippen molar-refractivity contribution in [2.75, 3.05) is 10.6 Å². The van der Waals surface area contributed by atoms with Gasteiger partial charge < -0.3 is 15.4 Å². The van der Waals surface area contributed by atoms with E-state index in [4.69, 9.17) is 4.74 Å². The minimum atomic E-state index is 0.148. The van der Waals surface area contributed by atoms with E-state index in [1.54, 1.807) is 6.20 Å². The summed E-state index contributed by atoms with van der Waals surface area (Å²) in [5.74, 6) is 1.89. The van der Waals surface area contributed by atoms with Crippen molar-refractivity contribution in [1.82, 2.24) is 15.2 Å². The number of hydrogen-bond acceptors (Lipinski definition) is 6. The molecule has 0 radical (unpaired) electrons. The second-order valence-electron chi connectivity index (χ2n) is 6.48. The number of ether oxygens (including phenoxy) is 1. The van der Waals surface area contributed by atoms with Crippen molar-refractivity contribution in [2.45, 2.75) is 33.8 Å². The average molecular weight is 349 g/mol. The topological polar surface area (TPSA) is 72.0 Å². The fraction of sp³-hybridized carbons (Fsp3) is 0.250. The SMILES string of the molecule is Cc1cc(C)cc(Nc2cnnc(Nc3ccc(OC(C)C)cc3)n2)c1. The molecule has 2 aromatic carbocycles. The van der Waals surface area contributed by atoms with Crippen molar-refractivity contribution in [3.63, 3.8) is 0 Å². The molecule has 0 saturated heterocycles. The van der Waals surface area contributed by atoms with Gasteiger partial charge in [0.25, 0.3) is 0 Å². The van der Waals surface area contributed by atoms with Gasteiger partial charge in [-0.2, -0.15) is 10.1 Å². The van der Waals surface area contributed by atoms with Gasteiger partial charge in [0.05, 0.1) is 12.3 Å². The molecule has 1 heterocycles. The average Bonchev–Trinajstić information content (AvgIpc) is 2.55. The third-order valence-corrected chi connectivity index (χ3v) is 3.54. The molecule has 26 heavy (non-hydrogen) atoms. The largest absolute Gasteiger partial charge is 0.491 e. The van der Waals surface area contributed by atoms with Crippen LogP contribution in [0.2, 0.25) is 0 Å². The molecule has 0 unspecified atom stereocenters. The highest BCUT2D eigenvalue weighted by Crippen LogP contribution is 2.21. The molecule has 6 heteroatoms. The summed E-state index contributed by atoms with van der Waals surface area (Å²) in [5.41, 5.74) is 4.23. The zero-order valence-corrected chi connectivity index (χ0v) is 15.4. The lowest BCUT2D eigenvalue weighted by Gasteiger charge is -2.11. The van der Waals surface area contributed by atoms with E-state index in [2.05, 4.69) is 57.9 Å². The summed E-state index contributed by atoms with van der Waals surface area (Å²) in [7, 11) is 0. The Balaban J connectivity index is 1.71. The molecule has 0 atom stereocenters. The van der Waals surface area contributed by atoms with Crippen molar-refractivity contribution >= 4 is 23.1 Å². The zero-order valence-electron chi connectivity index (χ0n) is 15.4. The van der Waals surface area contributed by atoms with Gasteiger partial charge in [-0.15, -0.1) is 5.10 Å². The molecular formula is C20H23N5O. The maximum Gasteiger partial charge on any atom is 0.249 e. The van der Waals surface area contributed by atoms with Crippen LogP contribution in [0.4, 0.5) is 23.1 Å². The summed E-state index contributed by atoms with van der Waals surface area (Å²) in [6.45, 7) is 8.13. The van der Waals surface area contributed by atoms with Gasteiger partial charge in [-0.05, 0) is 75.2 Å². The van der Waals surface area contributed by atoms with E-state index < -0.39 is 0 Å². The summed E-state index contributed by atoms with van der Waals surface area (Å²) in [6, 6.07) is 13.9. The van der Waals surface area contributed by atoms with Gasteiger partial charge in [-0.25, -0.2) is 0 Å². The normalized spacial score (nSPS) is 10.7. The van der Waals surface area contributed by atoms with Crippen LogP contribution in [0.5, 0.6) is 5.75 Å². The van der Waals surface area contributed by atoms with E-state index in [1.165, 1.54) is 11.1 Å². The van der Waals surface area contributed by atoms with Crippen molar-refractivity contribution in [3.8, 4) is 5.75 Å². The van der Waals surface area contributed by atoms with E-state index in [-0.39, 0.29) is 6.10 Å². The van der Waals surface area contributed by atoms with Gasteiger partial charge in [0, 0.05) is 11.4 Å². The summed E-state index contributed by atoms with van der Waals surface area (Å²) in [4.78, 5) is 4.47. The Morgan fingerprint density at radius 2 is 1.58 bits per heavy atom. The fourth-order valence-electron chi connectivity index (χ4n) is 2.63. The molecule has 0 aliphatic rings. The highest BCUT2D eigenvalue weighted by atomic mass is 16.5. The van der Waals surface area contributed by atoms with Gasteiger partial charge in [-0.1, -0.05) is 6.07 Å². The monoisotopic (exact) mass is 349 g/mol. The van der Waals surface area contributed by atoms with Crippen LogP contribution in [0.3, 0.4) is 0 Å². The molecule has 0 saturated carbocycles. The van der Waals surface area contributed by atoms with E-state index in [1.807, 2.05) is 38.1 Å². The van der Waals surface area contributed by atoms with Gasteiger partial charge in [0.15, 0.2) is 5.82 Å². The molecule has 0 aliphatic heterocycles. The lowest BCUT2D eigenvalue weighted by atomic mass is 10.1. The Hall–Kier alpha value is -3.15. The molecule has 6 nitrogen and oxygen atoms in total. The number of aryl methyl sites for hydroxylation is 2. The first-order valence-corrected chi connectivity index (χ1v) is 8.57. The summed E-state index contributed by atoms with van der Waals surface area (Å²) in [5, 5.41) is 14.5. The molecule has 0 spiro atoms. The molecule has 134 valence electrons. The Morgan fingerprint density at radius 3 is 2.23 bits per heavy atom. The molecule has 3 aromatic rings. The van der Waals surface area contributed by atoms with Gasteiger partial charge in [0.1, 0.15) is 5.75 Å². The second-order valence-corrected chi connectivity index (χ2v) is 6.48. The molecule has 0 aliphatic carbocycles.